The Bertz CT molecular complexity index is 328. The summed E-state index contributed by atoms with van der Waals surface area (Å²) in [5, 5.41) is 8.65. The summed E-state index contributed by atoms with van der Waals surface area (Å²) >= 11 is 3.57. The Hall–Kier alpha value is -0.310. The fraction of sp³-hybridized carbons (Fsp3) is 0.727. The van der Waals surface area contributed by atoms with E-state index in [0.717, 1.165) is 5.33 Å². The summed E-state index contributed by atoms with van der Waals surface area (Å²) in [4.78, 5) is 0. The first-order valence-electron chi connectivity index (χ1n) is 5.28. The second-order valence-electron chi connectivity index (χ2n) is 4.75. The molecule has 0 fully saturated rings. The molecule has 0 aliphatic heterocycles. The van der Waals surface area contributed by atoms with Crippen molar-refractivity contribution in [3.05, 3.63) is 17.0 Å². The van der Waals surface area contributed by atoms with Gasteiger partial charge in [-0.15, -0.1) is 0 Å². The highest BCUT2D eigenvalue weighted by molar-refractivity contribution is 9.09. The number of aryl methyl sites for hydroxylation is 1. The number of aromatic nitrogens is 2. The van der Waals surface area contributed by atoms with Crippen molar-refractivity contribution in [2.24, 2.45) is 0 Å². The van der Waals surface area contributed by atoms with Gasteiger partial charge in [0.15, 0.2) is 0 Å². The van der Waals surface area contributed by atoms with Crippen LogP contribution in [0.2, 0.25) is 0 Å². The Kier molecular flexibility index (Phi) is 2.69. The minimum absolute atomic E-state index is 0.154. The maximum atomic E-state index is 4.49. The Balaban J connectivity index is 2.39. The second kappa shape index (κ2) is 3.69. The molecule has 0 atom stereocenters. The molecule has 0 unspecified atom stereocenters. The van der Waals surface area contributed by atoms with Crippen molar-refractivity contribution >= 4 is 15.9 Å². The minimum Gasteiger partial charge on any atom is -0.282 e. The number of fused-ring (bicyclic) bond motifs is 1. The van der Waals surface area contributed by atoms with E-state index in [0.29, 0.717) is 0 Å². The highest BCUT2D eigenvalue weighted by atomic mass is 79.9. The number of nitrogens with one attached hydrogen (secondary N) is 1. The van der Waals surface area contributed by atoms with Crippen LogP contribution in [0.15, 0.2) is 0 Å². The van der Waals surface area contributed by atoms with Crippen LogP contribution in [0.1, 0.15) is 43.6 Å². The fourth-order valence-corrected chi connectivity index (χ4v) is 2.37. The van der Waals surface area contributed by atoms with Crippen LogP contribution in [0.4, 0.5) is 0 Å². The third kappa shape index (κ3) is 1.62. The number of hydrogen-bond donors (Lipinski definition) is 1. The van der Waals surface area contributed by atoms with Gasteiger partial charge in [0.25, 0.3) is 0 Å². The van der Waals surface area contributed by atoms with Crippen LogP contribution in [-0.2, 0) is 18.3 Å². The number of alkyl halides is 1. The summed E-state index contributed by atoms with van der Waals surface area (Å²) in [6.07, 6.45) is 5.01. The summed E-state index contributed by atoms with van der Waals surface area (Å²) in [5.74, 6) is 0. The van der Waals surface area contributed by atoms with Gasteiger partial charge >= 0.3 is 0 Å². The standard InChI is InChI=1S/C11H17BrN2/c1-11(2,7-12)10-8-5-3-4-6-9(8)13-14-10/h3-7H2,1-2H3,(H,13,14). The molecule has 14 heavy (non-hydrogen) atoms. The zero-order chi connectivity index (χ0) is 10.2. The van der Waals surface area contributed by atoms with Crippen molar-refractivity contribution in [1.29, 1.82) is 0 Å². The van der Waals surface area contributed by atoms with Gasteiger partial charge in [-0.3, -0.25) is 5.10 Å². The Morgan fingerprint density at radius 1 is 1.36 bits per heavy atom. The molecule has 78 valence electrons. The maximum absolute atomic E-state index is 4.49. The van der Waals surface area contributed by atoms with Crippen LogP contribution in [0.25, 0.3) is 0 Å². The Morgan fingerprint density at radius 3 is 2.79 bits per heavy atom. The van der Waals surface area contributed by atoms with Gasteiger partial charge < -0.3 is 0 Å². The molecular formula is C11H17BrN2. The number of aromatic amines is 1. The largest absolute Gasteiger partial charge is 0.282 e. The normalized spacial score (nSPS) is 16.8. The molecule has 0 amide bonds. The van der Waals surface area contributed by atoms with Crippen molar-refractivity contribution in [3.63, 3.8) is 0 Å². The third-order valence-corrected chi connectivity index (χ3v) is 4.43. The number of H-pyrrole nitrogens is 1. The molecule has 0 aromatic carbocycles. The van der Waals surface area contributed by atoms with E-state index in [4.69, 9.17) is 0 Å². The zero-order valence-electron chi connectivity index (χ0n) is 8.86. The predicted molar refractivity (Wildman–Crippen MR) is 62.0 cm³/mol. The van der Waals surface area contributed by atoms with Crippen LogP contribution < -0.4 is 0 Å². The lowest BCUT2D eigenvalue weighted by Gasteiger charge is -2.22. The zero-order valence-corrected chi connectivity index (χ0v) is 10.4. The van der Waals surface area contributed by atoms with E-state index in [9.17, 15) is 0 Å². The SMILES string of the molecule is CC(C)(CBr)c1n[nH]c2c1CCCC2. The molecule has 1 aromatic heterocycles. The molecule has 2 nitrogen and oxygen atoms in total. The van der Waals surface area contributed by atoms with Gasteiger partial charge in [-0.05, 0) is 31.2 Å². The lowest BCUT2D eigenvalue weighted by atomic mass is 9.85. The molecule has 1 heterocycles. The van der Waals surface area contributed by atoms with E-state index in [2.05, 4.69) is 40.0 Å². The highest BCUT2D eigenvalue weighted by Crippen LogP contribution is 2.31. The molecule has 3 heteroatoms. The van der Waals surface area contributed by atoms with Crippen molar-refractivity contribution in [3.8, 4) is 0 Å². The van der Waals surface area contributed by atoms with E-state index in [1.54, 1.807) is 0 Å². The average Bonchev–Trinajstić information content (AvgIpc) is 2.61. The van der Waals surface area contributed by atoms with E-state index in [1.165, 1.54) is 42.6 Å². The molecule has 0 spiro atoms. The summed E-state index contributed by atoms with van der Waals surface area (Å²) in [6, 6.07) is 0. The van der Waals surface area contributed by atoms with Crippen LogP contribution >= 0.6 is 15.9 Å². The van der Waals surface area contributed by atoms with E-state index < -0.39 is 0 Å². The van der Waals surface area contributed by atoms with Crippen molar-refractivity contribution in [2.45, 2.75) is 44.9 Å². The second-order valence-corrected chi connectivity index (χ2v) is 5.31. The molecule has 0 radical (unpaired) electrons. The van der Waals surface area contributed by atoms with Crippen LogP contribution in [0, 0.1) is 0 Å². The van der Waals surface area contributed by atoms with Crippen molar-refractivity contribution in [2.75, 3.05) is 5.33 Å². The molecule has 2 rings (SSSR count). The molecule has 0 saturated carbocycles. The smallest absolute Gasteiger partial charge is 0.0721 e. The van der Waals surface area contributed by atoms with Gasteiger partial charge in [-0.1, -0.05) is 29.8 Å². The molecule has 0 saturated heterocycles. The number of nitrogens with zero attached hydrogens (tertiary/aromatic N) is 1. The van der Waals surface area contributed by atoms with Gasteiger partial charge in [-0.25, -0.2) is 0 Å². The first-order valence-corrected chi connectivity index (χ1v) is 6.40. The summed E-state index contributed by atoms with van der Waals surface area (Å²) in [5.41, 5.74) is 4.28. The van der Waals surface area contributed by atoms with Crippen LogP contribution in [-0.4, -0.2) is 15.5 Å². The Labute approximate surface area is 93.6 Å². The molecular weight excluding hydrogens is 240 g/mol. The van der Waals surface area contributed by atoms with Gasteiger partial charge in [0.1, 0.15) is 0 Å². The highest BCUT2D eigenvalue weighted by Gasteiger charge is 2.28. The van der Waals surface area contributed by atoms with Gasteiger partial charge in [-0.2, -0.15) is 5.10 Å². The fourth-order valence-electron chi connectivity index (χ4n) is 2.10. The van der Waals surface area contributed by atoms with Gasteiger partial charge in [0.05, 0.1) is 5.69 Å². The topological polar surface area (TPSA) is 28.7 Å². The van der Waals surface area contributed by atoms with E-state index >= 15 is 0 Å². The maximum Gasteiger partial charge on any atom is 0.0721 e. The average molecular weight is 257 g/mol. The quantitative estimate of drug-likeness (QED) is 0.811. The number of halogens is 1. The monoisotopic (exact) mass is 256 g/mol. The van der Waals surface area contributed by atoms with Crippen LogP contribution in [0.5, 0.6) is 0 Å². The lowest BCUT2D eigenvalue weighted by molar-refractivity contribution is 0.569. The third-order valence-electron chi connectivity index (χ3n) is 3.03. The van der Waals surface area contributed by atoms with Gasteiger partial charge in [0, 0.05) is 16.4 Å². The molecule has 1 aliphatic rings. The molecule has 1 N–H and O–H groups in total. The van der Waals surface area contributed by atoms with E-state index in [1.807, 2.05) is 0 Å². The van der Waals surface area contributed by atoms with Crippen LogP contribution in [0.3, 0.4) is 0 Å². The summed E-state index contributed by atoms with van der Waals surface area (Å²) in [7, 11) is 0. The lowest BCUT2D eigenvalue weighted by Crippen LogP contribution is -2.22. The molecule has 1 aliphatic carbocycles. The van der Waals surface area contributed by atoms with Crippen molar-refractivity contribution < 1.29 is 0 Å². The molecule has 0 bridgehead atoms. The van der Waals surface area contributed by atoms with Crippen molar-refractivity contribution in [1.82, 2.24) is 10.2 Å². The van der Waals surface area contributed by atoms with Gasteiger partial charge in [0.2, 0.25) is 0 Å². The number of hydrogen-bond acceptors (Lipinski definition) is 1. The predicted octanol–water partition coefficient (Wildman–Crippen LogP) is 2.96. The molecule has 1 aromatic rings. The number of rotatable bonds is 2. The van der Waals surface area contributed by atoms with E-state index in [-0.39, 0.29) is 5.41 Å². The first-order chi connectivity index (χ1) is 6.65. The minimum atomic E-state index is 0.154. The summed E-state index contributed by atoms with van der Waals surface area (Å²) < 4.78 is 0. The summed E-state index contributed by atoms with van der Waals surface area (Å²) in [6.45, 7) is 4.49. The first kappa shape index (κ1) is 10.2. The Morgan fingerprint density at radius 2 is 2.07 bits per heavy atom.